The second kappa shape index (κ2) is 7.43. The van der Waals surface area contributed by atoms with E-state index >= 15 is 0 Å². The fourth-order valence-electron chi connectivity index (χ4n) is 1.88. The maximum atomic E-state index is 12.1. The zero-order valence-electron chi connectivity index (χ0n) is 12.6. The van der Waals surface area contributed by atoms with Crippen LogP contribution in [0.15, 0.2) is 48.5 Å². The van der Waals surface area contributed by atoms with Crippen molar-refractivity contribution in [2.45, 2.75) is 6.92 Å². The highest BCUT2D eigenvalue weighted by molar-refractivity contribution is 6.08. The van der Waals surface area contributed by atoms with Crippen molar-refractivity contribution in [1.29, 1.82) is 0 Å². The van der Waals surface area contributed by atoms with Crippen LogP contribution in [-0.2, 0) is 4.74 Å². The number of aromatic hydroxyl groups is 1. The maximum absolute atomic E-state index is 12.1. The minimum Gasteiger partial charge on any atom is -0.507 e. The van der Waals surface area contributed by atoms with Gasteiger partial charge in [-0.1, -0.05) is 35.9 Å². The molecule has 0 fully saturated rings. The third-order valence-corrected chi connectivity index (χ3v) is 3.08. The summed E-state index contributed by atoms with van der Waals surface area (Å²) >= 11 is 0. The van der Waals surface area contributed by atoms with Gasteiger partial charge in [0.05, 0.1) is 5.56 Å². The molecule has 0 aliphatic heterocycles. The van der Waals surface area contributed by atoms with Crippen LogP contribution in [0, 0.1) is 6.92 Å². The topological polar surface area (TPSA) is 55.8 Å². The van der Waals surface area contributed by atoms with Gasteiger partial charge in [0.25, 0.3) is 0 Å². The van der Waals surface area contributed by atoms with Gasteiger partial charge in [-0.25, -0.2) is 0 Å². The van der Waals surface area contributed by atoms with Crippen LogP contribution in [0.2, 0.25) is 0 Å². The van der Waals surface area contributed by atoms with Gasteiger partial charge >= 0.3 is 0 Å². The number of ether oxygens (including phenoxy) is 2. The number of benzene rings is 2. The third kappa shape index (κ3) is 4.20. The van der Waals surface area contributed by atoms with Crippen LogP contribution in [0.1, 0.15) is 21.5 Å². The number of rotatable bonds is 6. The number of allylic oxidation sites excluding steroid dienone is 1. The highest BCUT2D eigenvalue weighted by Gasteiger charge is 2.09. The van der Waals surface area contributed by atoms with E-state index in [1.165, 1.54) is 25.3 Å². The molecular formula is C18H18O4. The van der Waals surface area contributed by atoms with Gasteiger partial charge < -0.3 is 14.6 Å². The van der Waals surface area contributed by atoms with Gasteiger partial charge in [0.2, 0.25) is 0 Å². The van der Waals surface area contributed by atoms with Gasteiger partial charge in [-0.2, -0.15) is 0 Å². The van der Waals surface area contributed by atoms with E-state index in [1.807, 2.05) is 31.2 Å². The lowest BCUT2D eigenvalue weighted by Crippen LogP contribution is -2.00. The molecule has 4 nitrogen and oxygen atoms in total. The summed E-state index contributed by atoms with van der Waals surface area (Å²) in [5.74, 6) is 0.0574. The molecule has 4 heteroatoms. The van der Waals surface area contributed by atoms with Crippen molar-refractivity contribution in [2.24, 2.45) is 0 Å². The highest BCUT2D eigenvalue weighted by atomic mass is 16.7. The van der Waals surface area contributed by atoms with Crippen LogP contribution in [0.3, 0.4) is 0 Å². The molecule has 0 radical (unpaired) electrons. The Bertz CT molecular complexity index is 672. The Morgan fingerprint density at radius 3 is 2.55 bits per heavy atom. The van der Waals surface area contributed by atoms with Crippen molar-refractivity contribution in [3.8, 4) is 11.5 Å². The summed E-state index contributed by atoms with van der Waals surface area (Å²) in [5.41, 5.74) is 2.32. The minimum atomic E-state index is -0.267. The van der Waals surface area contributed by atoms with Gasteiger partial charge in [-0.3, -0.25) is 4.79 Å². The van der Waals surface area contributed by atoms with Gasteiger partial charge in [-0.05, 0) is 30.7 Å². The number of carbonyl (C=O) groups excluding carboxylic acids is 1. The smallest absolute Gasteiger partial charge is 0.189 e. The number of ketones is 1. The quantitative estimate of drug-likeness (QED) is 0.503. The number of carbonyl (C=O) groups is 1. The summed E-state index contributed by atoms with van der Waals surface area (Å²) in [4.78, 5) is 12.1. The Balaban J connectivity index is 2.10. The fraction of sp³-hybridized carbons (Fsp3) is 0.167. The van der Waals surface area contributed by atoms with E-state index in [0.29, 0.717) is 5.75 Å². The SMILES string of the molecule is COCOc1ccc(C(=O)C=Cc2ccc(C)cc2)c(O)c1. The van der Waals surface area contributed by atoms with Crippen molar-refractivity contribution in [1.82, 2.24) is 0 Å². The van der Waals surface area contributed by atoms with Crippen molar-refractivity contribution in [3.63, 3.8) is 0 Å². The molecule has 0 bridgehead atoms. The summed E-state index contributed by atoms with van der Waals surface area (Å²) in [6, 6.07) is 12.4. The molecule has 0 aromatic heterocycles. The molecule has 22 heavy (non-hydrogen) atoms. The Kier molecular flexibility index (Phi) is 5.33. The molecule has 114 valence electrons. The van der Waals surface area contributed by atoms with E-state index in [2.05, 4.69) is 0 Å². The zero-order chi connectivity index (χ0) is 15.9. The van der Waals surface area contributed by atoms with E-state index in [1.54, 1.807) is 12.1 Å². The summed E-state index contributed by atoms with van der Waals surface area (Å²) in [6.07, 6.45) is 3.16. The first-order valence-electron chi connectivity index (χ1n) is 6.84. The van der Waals surface area contributed by atoms with Crippen LogP contribution in [0.25, 0.3) is 6.08 Å². The second-order valence-corrected chi connectivity index (χ2v) is 4.84. The Morgan fingerprint density at radius 1 is 1.18 bits per heavy atom. The van der Waals surface area contributed by atoms with E-state index in [0.717, 1.165) is 11.1 Å². The maximum Gasteiger partial charge on any atom is 0.189 e. The molecule has 2 rings (SSSR count). The molecule has 2 aromatic carbocycles. The molecule has 0 unspecified atom stereocenters. The predicted octanol–water partition coefficient (Wildman–Crippen LogP) is 3.58. The molecule has 0 spiro atoms. The first-order chi connectivity index (χ1) is 10.6. The van der Waals surface area contributed by atoms with Crippen molar-refractivity contribution in [2.75, 3.05) is 13.9 Å². The predicted molar refractivity (Wildman–Crippen MR) is 85.2 cm³/mol. The Hall–Kier alpha value is -2.59. The van der Waals surface area contributed by atoms with Gasteiger partial charge in [0.15, 0.2) is 12.6 Å². The van der Waals surface area contributed by atoms with Gasteiger partial charge in [0, 0.05) is 13.2 Å². The normalized spacial score (nSPS) is 10.8. The number of phenolic OH excluding ortho intramolecular Hbond substituents is 1. The molecular weight excluding hydrogens is 280 g/mol. The fourth-order valence-corrected chi connectivity index (χ4v) is 1.88. The molecule has 0 saturated carbocycles. The number of hydrogen-bond donors (Lipinski definition) is 1. The standard InChI is InChI=1S/C18H18O4/c1-13-3-5-14(6-4-13)7-10-17(19)16-9-8-15(11-18(16)20)22-12-21-2/h3-11,20H,12H2,1-2H3. The molecule has 1 N–H and O–H groups in total. The monoisotopic (exact) mass is 298 g/mol. The van der Waals surface area contributed by atoms with Gasteiger partial charge in [0.1, 0.15) is 11.5 Å². The Labute approximate surface area is 129 Å². The largest absolute Gasteiger partial charge is 0.507 e. The minimum absolute atomic E-state index is 0.0834. The number of hydrogen-bond acceptors (Lipinski definition) is 4. The molecule has 0 aliphatic rings. The van der Waals surface area contributed by atoms with Crippen LogP contribution < -0.4 is 4.74 Å². The lowest BCUT2D eigenvalue weighted by Gasteiger charge is -2.06. The number of aryl methyl sites for hydroxylation is 1. The average molecular weight is 298 g/mol. The van der Waals surface area contributed by atoms with Crippen molar-refractivity contribution >= 4 is 11.9 Å². The number of methoxy groups -OCH3 is 1. The van der Waals surface area contributed by atoms with Crippen LogP contribution in [-0.4, -0.2) is 24.8 Å². The molecule has 0 heterocycles. The summed E-state index contributed by atoms with van der Waals surface area (Å²) in [5, 5.41) is 9.92. The van der Waals surface area contributed by atoms with E-state index in [4.69, 9.17) is 9.47 Å². The average Bonchev–Trinajstić information content (AvgIpc) is 2.52. The highest BCUT2D eigenvalue weighted by Crippen LogP contribution is 2.24. The van der Waals surface area contributed by atoms with E-state index in [9.17, 15) is 9.90 Å². The van der Waals surface area contributed by atoms with Crippen molar-refractivity contribution < 1.29 is 19.4 Å². The van der Waals surface area contributed by atoms with Crippen LogP contribution >= 0.6 is 0 Å². The summed E-state index contributed by atoms with van der Waals surface area (Å²) in [7, 11) is 1.51. The zero-order valence-corrected chi connectivity index (χ0v) is 12.6. The molecule has 2 aromatic rings. The van der Waals surface area contributed by atoms with E-state index < -0.39 is 0 Å². The number of phenols is 1. The van der Waals surface area contributed by atoms with Crippen molar-refractivity contribution in [3.05, 3.63) is 65.2 Å². The lowest BCUT2D eigenvalue weighted by molar-refractivity contribution is 0.0510. The first-order valence-corrected chi connectivity index (χ1v) is 6.84. The molecule has 0 amide bonds. The van der Waals surface area contributed by atoms with Gasteiger partial charge in [-0.15, -0.1) is 0 Å². The lowest BCUT2D eigenvalue weighted by atomic mass is 10.1. The third-order valence-electron chi connectivity index (χ3n) is 3.08. The van der Waals surface area contributed by atoms with E-state index in [-0.39, 0.29) is 23.9 Å². The van der Waals surface area contributed by atoms with Crippen LogP contribution in [0.5, 0.6) is 11.5 Å². The first kappa shape index (κ1) is 15.8. The summed E-state index contributed by atoms with van der Waals surface area (Å²) < 4.78 is 9.98. The molecule has 0 aliphatic carbocycles. The van der Waals surface area contributed by atoms with Crippen LogP contribution in [0.4, 0.5) is 0 Å². The Morgan fingerprint density at radius 2 is 1.91 bits per heavy atom. The second-order valence-electron chi connectivity index (χ2n) is 4.84. The molecule has 0 saturated heterocycles. The summed E-state index contributed by atoms with van der Waals surface area (Å²) in [6.45, 7) is 2.09. The molecule has 0 atom stereocenters.